The molecule has 23 heavy (non-hydrogen) atoms. The number of hydrogen-bond acceptors (Lipinski definition) is 4. The van der Waals surface area contributed by atoms with Gasteiger partial charge in [-0.15, -0.1) is 0 Å². The lowest BCUT2D eigenvalue weighted by Gasteiger charge is -2.42. The molecule has 2 aliphatic heterocycles. The van der Waals surface area contributed by atoms with Gasteiger partial charge in [0.2, 0.25) is 5.91 Å². The van der Waals surface area contributed by atoms with Gasteiger partial charge in [0.15, 0.2) is 0 Å². The first-order valence-electron chi connectivity index (χ1n) is 9.06. The van der Waals surface area contributed by atoms with Crippen molar-refractivity contribution >= 4 is 5.91 Å². The van der Waals surface area contributed by atoms with Gasteiger partial charge in [-0.2, -0.15) is 5.26 Å². The molecule has 5 nitrogen and oxygen atoms in total. The number of piperazine rings is 1. The minimum atomic E-state index is 0.150. The third-order valence-corrected chi connectivity index (χ3v) is 5.14. The average molecular weight is 320 g/mol. The second kappa shape index (κ2) is 8.12. The number of rotatable bonds is 5. The van der Waals surface area contributed by atoms with Crippen LogP contribution in [0.4, 0.5) is 0 Å². The molecule has 0 spiro atoms. The summed E-state index contributed by atoms with van der Waals surface area (Å²) in [5.74, 6) is 1.05. The Kier molecular flexibility index (Phi) is 6.43. The van der Waals surface area contributed by atoms with E-state index >= 15 is 0 Å². The van der Waals surface area contributed by atoms with Crippen LogP contribution in [0.25, 0.3) is 0 Å². The van der Waals surface area contributed by atoms with Crippen LogP contribution in [0.2, 0.25) is 0 Å². The molecule has 0 saturated carbocycles. The van der Waals surface area contributed by atoms with E-state index in [1.165, 1.54) is 0 Å². The van der Waals surface area contributed by atoms with Gasteiger partial charge in [-0.05, 0) is 32.7 Å². The normalized spacial score (nSPS) is 26.9. The topological polar surface area (TPSA) is 50.6 Å². The zero-order valence-electron chi connectivity index (χ0n) is 15.2. The van der Waals surface area contributed by atoms with Crippen LogP contribution in [0.15, 0.2) is 0 Å². The Labute approximate surface area is 141 Å². The maximum absolute atomic E-state index is 12.8. The second-order valence-electron chi connectivity index (χ2n) is 7.76. The summed E-state index contributed by atoms with van der Waals surface area (Å²) in [6.07, 6.45) is 1.49. The number of carbonyl (C=O) groups is 1. The van der Waals surface area contributed by atoms with E-state index in [-0.39, 0.29) is 12.0 Å². The Bertz CT molecular complexity index is 443. The van der Waals surface area contributed by atoms with Crippen molar-refractivity contribution in [1.82, 2.24) is 14.7 Å². The van der Waals surface area contributed by atoms with Gasteiger partial charge in [-0.3, -0.25) is 9.69 Å². The summed E-state index contributed by atoms with van der Waals surface area (Å²) in [4.78, 5) is 19.7. The molecular formula is C18H32N4O. The van der Waals surface area contributed by atoms with E-state index in [2.05, 4.69) is 43.6 Å². The van der Waals surface area contributed by atoms with Gasteiger partial charge in [0.05, 0.1) is 18.4 Å². The summed E-state index contributed by atoms with van der Waals surface area (Å²) >= 11 is 0. The van der Waals surface area contributed by atoms with Gasteiger partial charge < -0.3 is 9.80 Å². The van der Waals surface area contributed by atoms with Crippen LogP contribution < -0.4 is 0 Å². The minimum absolute atomic E-state index is 0.150. The molecule has 1 amide bonds. The summed E-state index contributed by atoms with van der Waals surface area (Å²) in [6, 6.07) is 3.02. The molecule has 0 bridgehead atoms. The van der Waals surface area contributed by atoms with Crippen molar-refractivity contribution < 1.29 is 4.79 Å². The van der Waals surface area contributed by atoms with Crippen molar-refractivity contribution in [2.75, 3.05) is 39.3 Å². The van der Waals surface area contributed by atoms with E-state index in [0.29, 0.717) is 24.3 Å². The summed E-state index contributed by atoms with van der Waals surface area (Å²) in [6.45, 7) is 14.2. The highest BCUT2D eigenvalue weighted by Crippen LogP contribution is 2.23. The van der Waals surface area contributed by atoms with Crippen LogP contribution >= 0.6 is 0 Å². The van der Waals surface area contributed by atoms with E-state index < -0.39 is 0 Å². The summed E-state index contributed by atoms with van der Waals surface area (Å²) in [7, 11) is 0. The summed E-state index contributed by atoms with van der Waals surface area (Å²) < 4.78 is 0. The number of nitrogens with zero attached hydrogens (tertiary/aromatic N) is 4. The van der Waals surface area contributed by atoms with Gasteiger partial charge in [-0.25, -0.2) is 0 Å². The first kappa shape index (κ1) is 18.2. The number of amides is 1. The van der Waals surface area contributed by atoms with Gasteiger partial charge in [0, 0.05) is 44.8 Å². The van der Waals surface area contributed by atoms with E-state index in [0.717, 1.165) is 45.7 Å². The molecule has 0 aromatic carbocycles. The Morgan fingerprint density at radius 3 is 2.48 bits per heavy atom. The van der Waals surface area contributed by atoms with Crippen LogP contribution in [-0.2, 0) is 4.79 Å². The van der Waals surface area contributed by atoms with Crippen LogP contribution in [0, 0.1) is 23.2 Å². The van der Waals surface area contributed by atoms with Crippen molar-refractivity contribution in [3.63, 3.8) is 0 Å². The molecule has 5 heteroatoms. The highest BCUT2D eigenvalue weighted by molar-refractivity contribution is 5.79. The Morgan fingerprint density at radius 2 is 1.91 bits per heavy atom. The smallest absolute Gasteiger partial charge is 0.227 e. The summed E-state index contributed by atoms with van der Waals surface area (Å²) in [5.41, 5.74) is 0. The predicted octanol–water partition coefficient (Wildman–Crippen LogP) is 1.80. The minimum Gasteiger partial charge on any atom is -0.340 e. The molecule has 0 aromatic heterocycles. The van der Waals surface area contributed by atoms with E-state index in [4.69, 9.17) is 5.26 Å². The lowest BCUT2D eigenvalue weighted by atomic mass is 10.0. The van der Waals surface area contributed by atoms with Crippen LogP contribution in [-0.4, -0.2) is 72.0 Å². The first-order valence-corrected chi connectivity index (χ1v) is 9.06. The van der Waals surface area contributed by atoms with Gasteiger partial charge >= 0.3 is 0 Å². The molecule has 2 heterocycles. The van der Waals surface area contributed by atoms with Gasteiger partial charge in [-0.1, -0.05) is 13.8 Å². The van der Waals surface area contributed by atoms with Gasteiger partial charge in [0.25, 0.3) is 0 Å². The molecule has 2 atom stereocenters. The fraction of sp³-hybridized carbons (Fsp3) is 0.889. The Hall–Kier alpha value is -1.12. The number of carbonyl (C=O) groups excluding carboxylic acids is 1. The van der Waals surface area contributed by atoms with E-state index in [1.807, 2.05) is 4.90 Å². The first-order chi connectivity index (χ1) is 10.9. The molecule has 0 aliphatic carbocycles. The molecule has 0 N–H and O–H groups in total. The standard InChI is InChI=1S/C18H32N4O/c1-14(2)11-21-9-10-22(13-17(21)5-7-19)18(23)16-6-8-20(12-16)15(3)4/h14-17H,5-6,8-13H2,1-4H3/t16-,17-/m1/s1. The van der Waals surface area contributed by atoms with Crippen LogP contribution in [0.3, 0.4) is 0 Å². The monoisotopic (exact) mass is 320 g/mol. The average Bonchev–Trinajstić information content (AvgIpc) is 2.98. The number of likely N-dealkylation sites (tertiary alicyclic amines) is 1. The fourth-order valence-electron chi connectivity index (χ4n) is 3.82. The van der Waals surface area contributed by atoms with Gasteiger partial charge in [0.1, 0.15) is 0 Å². The molecular weight excluding hydrogens is 288 g/mol. The van der Waals surface area contributed by atoms with Crippen molar-refractivity contribution in [2.24, 2.45) is 11.8 Å². The molecule has 0 unspecified atom stereocenters. The SMILES string of the molecule is CC(C)CN1CCN(C(=O)[C@@H]2CCN(C(C)C)C2)C[C@H]1CC#N. The molecule has 0 radical (unpaired) electrons. The molecule has 2 aliphatic rings. The lowest BCUT2D eigenvalue weighted by Crippen LogP contribution is -2.56. The number of nitriles is 1. The van der Waals surface area contributed by atoms with Crippen LogP contribution in [0.5, 0.6) is 0 Å². The Morgan fingerprint density at radius 1 is 1.17 bits per heavy atom. The molecule has 2 saturated heterocycles. The zero-order valence-corrected chi connectivity index (χ0v) is 15.2. The number of hydrogen-bond donors (Lipinski definition) is 0. The van der Waals surface area contributed by atoms with Crippen molar-refractivity contribution in [1.29, 1.82) is 5.26 Å². The molecule has 2 rings (SSSR count). The maximum Gasteiger partial charge on any atom is 0.227 e. The quantitative estimate of drug-likeness (QED) is 0.775. The third-order valence-electron chi connectivity index (χ3n) is 5.14. The highest BCUT2D eigenvalue weighted by Gasteiger charge is 2.36. The summed E-state index contributed by atoms with van der Waals surface area (Å²) in [5, 5.41) is 9.12. The van der Waals surface area contributed by atoms with E-state index in [1.54, 1.807) is 0 Å². The zero-order chi connectivity index (χ0) is 17.0. The molecule has 2 fully saturated rings. The third kappa shape index (κ3) is 4.68. The largest absolute Gasteiger partial charge is 0.340 e. The molecule has 0 aromatic rings. The van der Waals surface area contributed by atoms with Crippen molar-refractivity contribution in [3.8, 4) is 6.07 Å². The second-order valence-corrected chi connectivity index (χ2v) is 7.76. The van der Waals surface area contributed by atoms with Crippen LogP contribution in [0.1, 0.15) is 40.5 Å². The molecule has 130 valence electrons. The highest BCUT2D eigenvalue weighted by atomic mass is 16.2. The lowest BCUT2D eigenvalue weighted by molar-refractivity contribution is -0.138. The fourth-order valence-corrected chi connectivity index (χ4v) is 3.82. The van der Waals surface area contributed by atoms with E-state index in [9.17, 15) is 4.79 Å². The predicted molar refractivity (Wildman–Crippen MR) is 91.8 cm³/mol. The Balaban J connectivity index is 1.94. The van der Waals surface area contributed by atoms with Crippen molar-refractivity contribution in [3.05, 3.63) is 0 Å². The van der Waals surface area contributed by atoms with Crippen molar-refractivity contribution in [2.45, 2.75) is 52.6 Å². The maximum atomic E-state index is 12.8.